The number of Topliss-reactive ketones (excluding diaryl/α,β-unsaturated/α-hetero) is 1. The van der Waals surface area contributed by atoms with Crippen LogP contribution < -0.4 is 5.32 Å². The molecule has 0 spiro atoms. The number of hydrogen-bond acceptors (Lipinski definition) is 3. The third-order valence-corrected chi connectivity index (χ3v) is 4.15. The maximum Gasteiger partial charge on any atom is 0.172 e. The summed E-state index contributed by atoms with van der Waals surface area (Å²) < 4.78 is 0. The first-order valence-electron chi connectivity index (χ1n) is 7.17. The second-order valence-corrected chi connectivity index (χ2v) is 5.79. The van der Waals surface area contributed by atoms with Gasteiger partial charge in [0.1, 0.15) is 0 Å². The highest BCUT2D eigenvalue weighted by atomic mass is 35.5. The lowest BCUT2D eigenvalue weighted by Gasteiger charge is -2.04. The summed E-state index contributed by atoms with van der Waals surface area (Å²) >= 11 is 1.54. The Labute approximate surface area is 137 Å². The number of benzene rings is 1. The summed E-state index contributed by atoms with van der Waals surface area (Å²) in [5.41, 5.74) is 1.37. The van der Waals surface area contributed by atoms with E-state index >= 15 is 0 Å². The Morgan fingerprint density at radius 1 is 1.00 bits per heavy atom. The monoisotopic (exact) mass is 323 g/mol. The number of carbonyl (C=O) groups excluding carboxylic acids is 1. The molecule has 1 aromatic carbocycles. The van der Waals surface area contributed by atoms with Crippen LogP contribution in [0.2, 0.25) is 0 Å². The number of carbonyl (C=O) groups is 1. The van der Waals surface area contributed by atoms with Crippen LogP contribution in [0, 0.1) is 0 Å². The molecule has 4 heteroatoms. The lowest BCUT2D eigenvalue weighted by atomic mass is 10.1. The van der Waals surface area contributed by atoms with Crippen LogP contribution >= 0.6 is 23.7 Å². The van der Waals surface area contributed by atoms with Gasteiger partial charge in [-0.05, 0) is 49.4 Å². The van der Waals surface area contributed by atoms with E-state index in [0.717, 1.165) is 37.2 Å². The van der Waals surface area contributed by atoms with Gasteiger partial charge in [-0.3, -0.25) is 4.79 Å². The Balaban J connectivity index is 0.00000220. The van der Waals surface area contributed by atoms with Crippen molar-refractivity contribution in [2.24, 2.45) is 0 Å². The maximum absolute atomic E-state index is 11.8. The normalized spacial score (nSPS) is 10.1. The molecule has 0 aliphatic carbocycles. The molecule has 1 N–H and O–H groups in total. The molecule has 2 nitrogen and oxygen atoms in total. The van der Waals surface area contributed by atoms with Crippen LogP contribution in [-0.4, -0.2) is 18.9 Å². The molecule has 0 fully saturated rings. The average Bonchev–Trinajstić information content (AvgIpc) is 3.01. The molecule has 0 aliphatic heterocycles. The fourth-order valence-corrected chi connectivity index (χ4v) is 2.79. The first kappa shape index (κ1) is 17.9. The van der Waals surface area contributed by atoms with Gasteiger partial charge in [-0.25, -0.2) is 0 Å². The Hall–Kier alpha value is -1.16. The predicted molar refractivity (Wildman–Crippen MR) is 92.8 cm³/mol. The Morgan fingerprint density at radius 3 is 2.52 bits per heavy atom. The van der Waals surface area contributed by atoms with E-state index in [1.807, 2.05) is 23.6 Å². The second-order valence-electron chi connectivity index (χ2n) is 4.84. The average molecular weight is 324 g/mol. The van der Waals surface area contributed by atoms with Crippen molar-refractivity contribution in [1.29, 1.82) is 0 Å². The lowest BCUT2D eigenvalue weighted by Crippen LogP contribution is -2.18. The summed E-state index contributed by atoms with van der Waals surface area (Å²) in [6, 6.07) is 14.3. The molecular formula is C17H22ClNOS. The third-order valence-electron chi connectivity index (χ3n) is 3.24. The highest BCUT2D eigenvalue weighted by Crippen LogP contribution is 2.12. The van der Waals surface area contributed by atoms with Crippen LogP contribution in [0.15, 0.2) is 47.8 Å². The molecule has 114 valence electrons. The summed E-state index contributed by atoms with van der Waals surface area (Å²) in [4.78, 5) is 12.7. The summed E-state index contributed by atoms with van der Waals surface area (Å²) in [6.07, 6.45) is 3.76. The van der Waals surface area contributed by atoms with Gasteiger partial charge in [0.05, 0.1) is 4.88 Å². The van der Waals surface area contributed by atoms with Crippen LogP contribution in [0.4, 0.5) is 0 Å². The summed E-state index contributed by atoms with van der Waals surface area (Å²) in [5, 5.41) is 5.39. The zero-order valence-electron chi connectivity index (χ0n) is 12.1. The van der Waals surface area contributed by atoms with E-state index in [4.69, 9.17) is 0 Å². The number of rotatable bonds is 9. The van der Waals surface area contributed by atoms with Crippen molar-refractivity contribution < 1.29 is 4.79 Å². The van der Waals surface area contributed by atoms with Crippen molar-refractivity contribution in [2.45, 2.75) is 25.7 Å². The standard InChI is InChI=1S/C17H21NOS.ClH/c19-16(17-10-6-14-20-17)9-4-5-12-18-13-11-15-7-2-1-3-8-15;/h1-3,6-8,10,14,18H,4-5,9,11-13H2;1H. The number of thiophene rings is 1. The first-order chi connectivity index (χ1) is 9.86. The van der Waals surface area contributed by atoms with Gasteiger partial charge < -0.3 is 5.32 Å². The molecule has 0 amide bonds. The molecule has 0 saturated heterocycles. The number of halogens is 1. The fourth-order valence-electron chi connectivity index (χ4n) is 2.10. The fraction of sp³-hybridized carbons (Fsp3) is 0.353. The van der Waals surface area contributed by atoms with Crippen molar-refractivity contribution in [1.82, 2.24) is 5.32 Å². The Morgan fingerprint density at radius 2 is 1.81 bits per heavy atom. The quantitative estimate of drug-likeness (QED) is 0.549. The zero-order chi connectivity index (χ0) is 14.0. The number of hydrogen-bond donors (Lipinski definition) is 1. The smallest absolute Gasteiger partial charge is 0.172 e. The summed E-state index contributed by atoms with van der Waals surface area (Å²) in [7, 11) is 0. The Bertz CT molecular complexity index is 499. The highest BCUT2D eigenvalue weighted by molar-refractivity contribution is 7.12. The molecule has 0 unspecified atom stereocenters. The first-order valence-corrected chi connectivity index (χ1v) is 8.05. The maximum atomic E-state index is 11.8. The van der Waals surface area contributed by atoms with Crippen LogP contribution in [0.3, 0.4) is 0 Å². The van der Waals surface area contributed by atoms with E-state index < -0.39 is 0 Å². The minimum absolute atomic E-state index is 0. The van der Waals surface area contributed by atoms with E-state index in [-0.39, 0.29) is 18.2 Å². The number of nitrogens with one attached hydrogen (secondary N) is 1. The zero-order valence-corrected chi connectivity index (χ0v) is 13.7. The van der Waals surface area contributed by atoms with E-state index in [0.29, 0.717) is 6.42 Å². The van der Waals surface area contributed by atoms with Crippen LogP contribution in [0.1, 0.15) is 34.5 Å². The second kappa shape index (κ2) is 10.6. The van der Waals surface area contributed by atoms with E-state index in [1.54, 1.807) is 0 Å². The molecule has 0 radical (unpaired) electrons. The van der Waals surface area contributed by atoms with Gasteiger partial charge in [-0.2, -0.15) is 0 Å². The molecule has 2 rings (SSSR count). The minimum Gasteiger partial charge on any atom is -0.316 e. The van der Waals surface area contributed by atoms with Gasteiger partial charge in [-0.15, -0.1) is 23.7 Å². The van der Waals surface area contributed by atoms with Gasteiger partial charge in [-0.1, -0.05) is 36.4 Å². The van der Waals surface area contributed by atoms with Gasteiger partial charge in [0.15, 0.2) is 5.78 Å². The molecule has 1 aromatic heterocycles. The van der Waals surface area contributed by atoms with Gasteiger partial charge in [0.2, 0.25) is 0 Å². The molecule has 0 aliphatic rings. The molecule has 1 heterocycles. The van der Waals surface area contributed by atoms with E-state index in [1.165, 1.54) is 16.9 Å². The van der Waals surface area contributed by atoms with Crippen molar-refractivity contribution in [3.8, 4) is 0 Å². The summed E-state index contributed by atoms with van der Waals surface area (Å²) in [6.45, 7) is 1.99. The number of unbranched alkanes of at least 4 members (excludes halogenated alkanes) is 1. The third kappa shape index (κ3) is 6.89. The van der Waals surface area contributed by atoms with E-state index in [2.05, 4.69) is 29.6 Å². The van der Waals surface area contributed by atoms with Gasteiger partial charge in [0.25, 0.3) is 0 Å². The van der Waals surface area contributed by atoms with Crippen LogP contribution in [-0.2, 0) is 6.42 Å². The van der Waals surface area contributed by atoms with Crippen molar-refractivity contribution in [3.05, 3.63) is 58.3 Å². The van der Waals surface area contributed by atoms with Crippen molar-refractivity contribution >= 4 is 29.5 Å². The minimum atomic E-state index is 0. The molecular weight excluding hydrogens is 302 g/mol. The molecule has 2 aromatic rings. The molecule has 21 heavy (non-hydrogen) atoms. The highest BCUT2D eigenvalue weighted by Gasteiger charge is 2.05. The van der Waals surface area contributed by atoms with Crippen molar-refractivity contribution in [2.75, 3.05) is 13.1 Å². The number of ketones is 1. The topological polar surface area (TPSA) is 29.1 Å². The molecule has 0 atom stereocenters. The SMILES string of the molecule is Cl.O=C(CCCCNCCc1ccccc1)c1cccs1. The summed E-state index contributed by atoms with van der Waals surface area (Å²) in [5.74, 6) is 0.282. The molecule has 0 saturated carbocycles. The van der Waals surface area contributed by atoms with E-state index in [9.17, 15) is 4.79 Å². The van der Waals surface area contributed by atoms with Gasteiger partial charge >= 0.3 is 0 Å². The largest absolute Gasteiger partial charge is 0.316 e. The lowest BCUT2D eigenvalue weighted by molar-refractivity contribution is 0.0983. The molecule has 0 bridgehead atoms. The predicted octanol–water partition coefficient (Wildman–Crippen LogP) is 4.36. The van der Waals surface area contributed by atoms with Crippen LogP contribution in [0.25, 0.3) is 0 Å². The Kier molecular flexibility index (Phi) is 8.99. The van der Waals surface area contributed by atoms with Gasteiger partial charge in [0, 0.05) is 6.42 Å². The van der Waals surface area contributed by atoms with Crippen LogP contribution in [0.5, 0.6) is 0 Å². The van der Waals surface area contributed by atoms with Crippen molar-refractivity contribution in [3.63, 3.8) is 0 Å².